The summed E-state index contributed by atoms with van der Waals surface area (Å²) in [5.41, 5.74) is 6.62. The van der Waals surface area contributed by atoms with Crippen molar-refractivity contribution in [3.63, 3.8) is 0 Å². The van der Waals surface area contributed by atoms with Crippen LogP contribution in [0.2, 0.25) is 0 Å². The second-order valence-corrected chi connectivity index (χ2v) is 6.35. The molecule has 3 aromatic rings. The van der Waals surface area contributed by atoms with Crippen LogP contribution in [0.25, 0.3) is 10.9 Å². The van der Waals surface area contributed by atoms with Gasteiger partial charge in [0.1, 0.15) is 6.07 Å². The Kier molecular flexibility index (Phi) is 5.19. The highest BCUT2D eigenvalue weighted by Gasteiger charge is 2.14. The normalized spacial score (nSPS) is 10.9. The average molecular weight is 349 g/mol. The molecule has 0 bridgehead atoms. The minimum absolute atomic E-state index is 0.546. The van der Waals surface area contributed by atoms with Crippen LogP contribution < -0.4 is 5.32 Å². The fourth-order valence-corrected chi connectivity index (χ4v) is 3.21. The molecule has 0 unspecified atom stereocenters. The maximum atomic E-state index is 9.49. The van der Waals surface area contributed by atoms with Crippen LogP contribution in [0, 0.1) is 32.1 Å². The molecule has 134 valence electrons. The first kappa shape index (κ1) is 17.9. The topological polar surface area (TPSA) is 75.8 Å². The molecule has 0 spiro atoms. The number of rotatable bonds is 6. The molecule has 1 N–H and O–H groups in total. The zero-order valence-corrected chi connectivity index (χ0v) is 15.6. The summed E-state index contributed by atoms with van der Waals surface area (Å²) in [7, 11) is 1.69. The highest BCUT2D eigenvalue weighted by molar-refractivity contribution is 5.95. The number of anilines is 1. The fourth-order valence-electron chi connectivity index (χ4n) is 3.21. The van der Waals surface area contributed by atoms with Crippen molar-refractivity contribution in [2.75, 3.05) is 19.0 Å². The second kappa shape index (κ2) is 7.54. The predicted molar refractivity (Wildman–Crippen MR) is 102 cm³/mol. The number of methoxy groups -OCH3 is 1. The third kappa shape index (κ3) is 3.26. The SMILES string of the molecule is COCCn1nc(C)c(CNc2c(C#N)cnc3c(C)cccc23)c1C. The number of benzene rings is 1. The molecule has 0 aliphatic heterocycles. The van der Waals surface area contributed by atoms with E-state index in [0.717, 1.165) is 45.6 Å². The van der Waals surface area contributed by atoms with E-state index in [1.165, 1.54) is 0 Å². The van der Waals surface area contributed by atoms with Gasteiger partial charge in [-0.15, -0.1) is 0 Å². The number of nitriles is 1. The molecule has 0 fully saturated rings. The summed E-state index contributed by atoms with van der Waals surface area (Å²) in [5.74, 6) is 0. The summed E-state index contributed by atoms with van der Waals surface area (Å²) in [4.78, 5) is 4.45. The summed E-state index contributed by atoms with van der Waals surface area (Å²) in [6.07, 6.45) is 1.64. The number of aromatic nitrogens is 3. The standard InChI is InChI=1S/C20H23N5O/c1-13-6-5-7-17-19(13)22-11-16(10-21)20(17)23-12-18-14(2)24-25(15(18)3)8-9-26-4/h5-7,11H,8-9,12H2,1-4H3,(H,22,23). The zero-order chi connectivity index (χ0) is 18.7. The van der Waals surface area contributed by atoms with Crippen LogP contribution in [0.5, 0.6) is 0 Å². The number of hydrogen-bond acceptors (Lipinski definition) is 5. The lowest BCUT2D eigenvalue weighted by atomic mass is 10.1. The van der Waals surface area contributed by atoms with Crippen molar-refractivity contribution in [2.45, 2.75) is 33.9 Å². The maximum absolute atomic E-state index is 9.49. The number of ether oxygens (including phenoxy) is 1. The lowest BCUT2D eigenvalue weighted by Crippen LogP contribution is -2.09. The van der Waals surface area contributed by atoms with Crippen molar-refractivity contribution in [3.05, 3.63) is 52.5 Å². The molecule has 6 heteroatoms. The second-order valence-electron chi connectivity index (χ2n) is 6.35. The Balaban J connectivity index is 1.95. The van der Waals surface area contributed by atoms with E-state index in [2.05, 4.69) is 28.4 Å². The highest BCUT2D eigenvalue weighted by Crippen LogP contribution is 2.28. The third-order valence-electron chi connectivity index (χ3n) is 4.70. The van der Waals surface area contributed by atoms with Gasteiger partial charge in [0.2, 0.25) is 0 Å². The first-order valence-electron chi connectivity index (χ1n) is 8.61. The smallest absolute Gasteiger partial charge is 0.103 e. The van der Waals surface area contributed by atoms with Crippen LogP contribution in [0.1, 0.15) is 28.1 Å². The molecule has 2 aromatic heterocycles. The molecule has 1 aromatic carbocycles. The summed E-state index contributed by atoms with van der Waals surface area (Å²) in [6.45, 7) is 8.05. The first-order valence-corrected chi connectivity index (χ1v) is 8.61. The average Bonchev–Trinajstić information content (AvgIpc) is 2.91. The quantitative estimate of drug-likeness (QED) is 0.737. The molecule has 0 amide bonds. The van der Waals surface area contributed by atoms with Gasteiger partial charge in [-0.2, -0.15) is 10.4 Å². The Morgan fingerprint density at radius 3 is 2.81 bits per heavy atom. The third-order valence-corrected chi connectivity index (χ3v) is 4.70. The van der Waals surface area contributed by atoms with E-state index in [1.54, 1.807) is 13.3 Å². The summed E-state index contributed by atoms with van der Waals surface area (Å²) < 4.78 is 7.12. The Morgan fingerprint density at radius 1 is 1.27 bits per heavy atom. The van der Waals surface area contributed by atoms with Gasteiger partial charge in [-0.05, 0) is 26.3 Å². The van der Waals surface area contributed by atoms with Crippen LogP contribution in [-0.2, 0) is 17.8 Å². The first-order chi connectivity index (χ1) is 12.6. The van der Waals surface area contributed by atoms with E-state index >= 15 is 0 Å². The largest absolute Gasteiger partial charge is 0.383 e. The Bertz CT molecular complexity index is 984. The van der Waals surface area contributed by atoms with Crippen molar-refractivity contribution in [1.82, 2.24) is 14.8 Å². The van der Waals surface area contributed by atoms with E-state index in [4.69, 9.17) is 4.74 Å². The number of pyridine rings is 1. The molecule has 0 radical (unpaired) electrons. The maximum Gasteiger partial charge on any atom is 0.103 e. The summed E-state index contributed by atoms with van der Waals surface area (Å²) >= 11 is 0. The highest BCUT2D eigenvalue weighted by atomic mass is 16.5. The number of hydrogen-bond donors (Lipinski definition) is 1. The van der Waals surface area contributed by atoms with Gasteiger partial charge in [0, 0.05) is 36.5 Å². The summed E-state index contributed by atoms with van der Waals surface area (Å²) in [5, 5.41) is 18.5. The van der Waals surface area contributed by atoms with Crippen LogP contribution in [0.3, 0.4) is 0 Å². The van der Waals surface area contributed by atoms with E-state index < -0.39 is 0 Å². The van der Waals surface area contributed by atoms with Crippen molar-refractivity contribution in [2.24, 2.45) is 0 Å². The predicted octanol–water partition coefficient (Wildman–Crippen LogP) is 3.49. The molecule has 0 aliphatic carbocycles. The Morgan fingerprint density at radius 2 is 2.08 bits per heavy atom. The van der Waals surface area contributed by atoms with Gasteiger partial charge in [0.25, 0.3) is 0 Å². The van der Waals surface area contributed by atoms with E-state index in [-0.39, 0.29) is 0 Å². The van der Waals surface area contributed by atoms with E-state index in [9.17, 15) is 5.26 Å². The number of para-hydroxylation sites is 1. The van der Waals surface area contributed by atoms with Gasteiger partial charge < -0.3 is 10.1 Å². The molecule has 0 saturated heterocycles. The molecule has 3 rings (SSSR count). The van der Waals surface area contributed by atoms with Gasteiger partial charge in [0.05, 0.1) is 35.6 Å². The molecule has 0 atom stereocenters. The molecule has 6 nitrogen and oxygen atoms in total. The summed E-state index contributed by atoms with van der Waals surface area (Å²) in [6, 6.07) is 8.26. The van der Waals surface area contributed by atoms with Gasteiger partial charge in [-0.25, -0.2) is 0 Å². The number of nitrogens with zero attached hydrogens (tertiary/aromatic N) is 4. The van der Waals surface area contributed by atoms with Crippen molar-refractivity contribution >= 4 is 16.6 Å². The number of fused-ring (bicyclic) bond motifs is 1. The Hall–Kier alpha value is -2.91. The zero-order valence-electron chi connectivity index (χ0n) is 15.6. The van der Waals surface area contributed by atoms with Gasteiger partial charge in [-0.3, -0.25) is 9.67 Å². The van der Waals surface area contributed by atoms with E-state index in [1.807, 2.05) is 36.7 Å². The Labute approximate surface area is 153 Å². The van der Waals surface area contributed by atoms with Crippen LogP contribution in [0.4, 0.5) is 5.69 Å². The lowest BCUT2D eigenvalue weighted by molar-refractivity contribution is 0.182. The van der Waals surface area contributed by atoms with Gasteiger partial charge >= 0.3 is 0 Å². The lowest BCUT2D eigenvalue weighted by Gasteiger charge is -2.13. The van der Waals surface area contributed by atoms with Crippen molar-refractivity contribution in [3.8, 4) is 6.07 Å². The number of aryl methyl sites for hydroxylation is 2. The monoisotopic (exact) mass is 349 g/mol. The molecule has 26 heavy (non-hydrogen) atoms. The number of nitrogens with one attached hydrogen (secondary N) is 1. The van der Waals surface area contributed by atoms with Crippen LogP contribution >= 0.6 is 0 Å². The minimum atomic E-state index is 0.546. The molecule has 0 saturated carbocycles. The van der Waals surface area contributed by atoms with Crippen LogP contribution in [-0.4, -0.2) is 28.5 Å². The fraction of sp³-hybridized carbons (Fsp3) is 0.350. The van der Waals surface area contributed by atoms with Crippen molar-refractivity contribution < 1.29 is 4.74 Å². The van der Waals surface area contributed by atoms with Crippen LogP contribution in [0.15, 0.2) is 24.4 Å². The molecular weight excluding hydrogens is 326 g/mol. The van der Waals surface area contributed by atoms with Gasteiger partial charge in [-0.1, -0.05) is 18.2 Å². The molecule has 0 aliphatic rings. The van der Waals surface area contributed by atoms with E-state index in [0.29, 0.717) is 18.7 Å². The van der Waals surface area contributed by atoms with Crippen molar-refractivity contribution in [1.29, 1.82) is 5.26 Å². The van der Waals surface area contributed by atoms with Gasteiger partial charge in [0.15, 0.2) is 0 Å². The molecular formula is C20H23N5O. The molecule has 2 heterocycles. The minimum Gasteiger partial charge on any atom is -0.383 e.